The standard InChI is InChI=1S/C19H23N5O3S/c1-11-6-12(2)17(14(25)7-11)24-9-15-18(22-24)21-19(28-15)20-13-4-5-23(8-13)16(26)10-27-3/h6-7,9,13,25H,4-5,8,10H2,1-3H3,(H,20,21,22). The highest BCUT2D eigenvalue weighted by molar-refractivity contribution is 7.22. The number of ether oxygens (including phenoxy) is 1. The number of amides is 1. The lowest BCUT2D eigenvalue weighted by Crippen LogP contribution is -2.33. The number of phenols is 1. The second-order valence-corrected chi connectivity index (χ2v) is 8.16. The van der Waals surface area contributed by atoms with Gasteiger partial charge in [0.1, 0.15) is 18.0 Å². The van der Waals surface area contributed by atoms with Crippen LogP contribution >= 0.6 is 11.3 Å². The number of rotatable bonds is 5. The SMILES string of the molecule is COCC(=O)N1CCC(Nc2nc3nn(-c4c(C)cc(C)cc4O)cc3s2)C1. The zero-order chi connectivity index (χ0) is 19.8. The second-order valence-electron chi connectivity index (χ2n) is 7.13. The number of anilines is 1. The van der Waals surface area contributed by atoms with Crippen molar-refractivity contribution in [3.05, 3.63) is 29.5 Å². The molecule has 0 spiro atoms. The summed E-state index contributed by atoms with van der Waals surface area (Å²) in [6.45, 7) is 5.39. The number of fused-ring (bicyclic) bond motifs is 1. The lowest BCUT2D eigenvalue weighted by atomic mass is 10.1. The Kier molecular flexibility index (Phi) is 4.94. The molecule has 1 aliphatic rings. The average Bonchev–Trinajstić information content (AvgIpc) is 3.29. The zero-order valence-electron chi connectivity index (χ0n) is 16.1. The number of carbonyl (C=O) groups excluding carboxylic acids is 1. The molecule has 2 N–H and O–H groups in total. The third-order valence-corrected chi connectivity index (χ3v) is 5.78. The summed E-state index contributed by atoms with van der Waals surface area (Å²) in [6, 6.07) is 3.92. The van der Waals surface area contributed by atoms with E-state index in [4.69, 9.17) is 4.74 Å². The molecule has 1 saturated heterocycles. The first kappa shape index (κ1) is 18.7. The number of nitrogens with one attached hydrogen (secondary N) is 1. The molecule has 0 aliphatic carbocycles. The predicted octanol–water partition coefficient (Wildman–Crippen LogP) is 2.46. The van der Waals surface area contributed by atoms with Crippen LogP contribution in [0.1, 0.15) is 17.5 Å². The Balaban J connectivity index is 1.49. The van der Waals surface area contributed by atoms with Crippen LogP contribution in [0.5, 0.6) is 5.75 Å². The van der Waals surface area contributed by atoms with E-state index in [2.05, 4.69) is 15.4 Å². The Bertz CT molecular complexity index is 973. The van der Waals surface area contributed by atoms with Crippen LogP contribution < -0.4 is 5.32 Å². The summed E-state index contributed by atoms with van der Waals surface area (Å²) >= 11 is 1.52. The van der Waals surface area contributed by atoms with Crippen LogP contribution in [-0.2, 0) is 9.53 Å². The summed E-state index contributed by atoms with van der Waals surface area (Å²) in [7, 11) is 1.53. The van der Waals surface area contributed by atoms with Gasteiger partial charge in [-0.3, -0.25) is 4.79 Å². The maximum absolute atomic E-state index is 11.9. The van der Waals surface area contributed by atoms with Gasteiger partial charge < -0.3 is 20.1 Å². The third-order valence-electron chi connectivity index (χ3n) is 4.87. The van der Waals surface area contributed by atoms with Gasteiger partial charge in [-0.15, -0.1) is 5.10 Å². The largest absolute Gasteiger partial charge is 0.506 e. The van der Waals surface area contributed by atoms with E-state index in [0.717, 1.165) is 33.9 Å². The van der Waals surface area contributed by atoms with Crippen LogP contribution in [0.2, 0.25) is 0 Å². The summed E-state index contributed by atoms with van der Waals surface area (Å²) in [5.41, 5.74) is 3.27. The normalized spacial score (nSPS) is 16.8. The lowest BCUT2D eigenvalue weighted by molar-refractivity contribution is -0.134. The molecule has 0 bridgehead atoms. The zero-order valence-corrected chi connectivity index (χ0v) is 16.9. The van der Waals surface area contributed by atoms with Crippen LogP contribution in [0, 0.1) is 13.8 Å². The molecule has 1 unspecified atom stereocenters. The summed E-state index contributed by atoms with van der Waals surface area (Å²) in [5.74, 6) is 0.221. The molecular weight excluding hydrogens is 378 g/mol. The minimum atomic E-state index is 0.0145. The Morgan fingerprint density at radius 3 is 2.96 bits per heavy atom. The highest BCUT2D eigenvalue weighted by atomic mass is 32.1. The molecule has 148 valence electrons. The summed E-state index contributed by atoms with van der Waals surface area (Å²) in [5, 5.41) is 19.0. The molecule has 1 aliphatic heterocycles. The molecule has 1 atom stereocenters. The summed E-state index contributed by atoms with van der Waals surface area (Å²) < 4.78 is 7.54. The van der Waals surface area contributed by atoms with E-state index in [1.165, 1.54) is 18.4 Å². The van der Waals surface area contributed by atoms with Crippen LogP contribution in [0.4, 0.5) is 5.13 Å². The number of aromatic hydroxyl groups is 1. The first-order valence-corrected chi connectivity index (χ1v) is 9.96. The summed E-state index contributed by atoms with van der Waals surface area (Å²) in [6.07, 6.45) is 2.77. The molecule has 0 saturated carbocycles. The van der Waals surface area contributed by atoms with Gasteiger partial charge in [0.15, 0.2) is 10.8 Å². The first-order valence-electron chi connectivity index (χ1n) is 9.14. The molecule has 2 aromatic heterocycles. The molecule has 3 aromatic rings. The second kappa shape index (κ2) is 7.40. The minimum absolute atomic E-state index is 0.0145. The molecule has 8 nitrogen and oxygen atoms in total. The van der Waals surface area contributed by atoms with Gasteiger partial charge >= 0.3 is 0 Å². The number of phenolic OH excluding ortho intramolecular Hbond substituents is 1. The van der Waals surface area contributed by atoms with Crippen molar-refractivity contribution >= 4 is 32.7 Å². The van der Waals surface area contributed by atoms with Gasteiger partial charge in [0.25, 0.3) is 0 Å². The van der Waals surface area contributed by atoms with Crippen molar-refractivity contribution < 1.29 is 14.6 Å². The van der Waals surface area contributed by atoms with Crippen molar-refractivity contribution in [1.29, 1.82) is 0 Å². The molecule has 4 rings (SSSR count). The van der Waals surface area contributed by atoms with E-state index in [1.54, 1.807) is 10.7 Å². The van der Waals surface area contributed by atoms with Crippen molar-refractivity contribution in [2.45, 2.75) is 26.3 Å². The molecule has 1 fully saturated rings. The Labute approximate surface area is 166 Å². The molecular formula is C19H23N5O3S. The van der Waals surface area contributed by atoms with Gasteiger partial charge in [-0.1, -0.05) is 17.4 Å². The number of likely N-dealkylation sites (tertiary alicyclic amines) is 1. The fourth-order valence-corrected chi connectivity index (χ4v) is 4.52. The van der Waals surface area contributed by atoms with Crippen LogP contribution in [0.3, 0.4) is 0 Å². The number of benzene rings is 1. The fraction of sp³-hybridized carbons (Fsp3) is 0.421. The van der Waals surface area contributed by atoms with E-state index in [0.29, 0.717) is 17.9 Å². The number of aromatic nitrogens is 3. The minimum Gasteiger partial charge on any atom is -0.506 e. The van der Waals surface area contributed by atoms with Gasteiger partial charge in [-0.25, -0.2) is 4.68 Å². The van der Waals surface area contributed by atoms with Crippen molar-refractivity contribution in [3.8, 4) is 11.4 Å². The molecule has 0 radical (unpaired) electrons. The maximum Gasteiger partial charge on any atom is 0.248 e. The number of carbonyl (C=O) groups is 1. The number of methoxy groups -OCH3 is 1. The van der Waals surface area contributed by atoms with Gasteiger partial charge in [0, 0.05) is 26.2 Å². The highest BCUT2D eigenvalue weighted by Gasteiger charge is 2.26. The smallest absolute Gasteiger partial charge is 0.248 e. The molecule has 1 aromatic carbocycles. The van der Waals surface area contributed by atoms with Gasteiger partial charge in [0.2, 0.25) is 5.91 Å². The van der Waals surface area contributed by atoms with E-state index in [1.807, 2.05) is 31.0 Å². The predicted molar refractivity (Wildman–Crippen MR) is 108 cm³/mol. The number of hydrogen-bond donors (Lipinski definition) is 2. The van der Waals surface area contributed by atoms with Gasteiger partial charge in [0.05, 0.1) is 10.9 Å². The quantitative estimate of drug-likeness (QED) is 0.682. The van der Waals surface area contributed by atoms with Crippen LogP contribution in [0.15, 0.2) is 18.3 Å². The Morgan fingerprint density at radius 2 is 2.25 bits per heavy atom. The maximum atomic E-state index is 11.9. The third kappa shape index (κ3) is 3.55. The number of nitrogens with zero attached hydrogens (tertiary/aromatic N) is 4. The van der Waals surface area contributed by atoms with Crippen molar-refractivity contribution in [2.24, 2.45) is 0 Å². The number of aryl methyl sites for hydroxylation is 2. The molecule has 3 heterocycles. The number of thiazole rings is 1. The first-order chi connectivity index (χ1) is 13.4. The van der Waals surface area contributed by atoms with E-state index in [9.17, 15) is 9.90 Å². The Morgan fingerprint density at radius 1 is 1.43 bits per heavy atom. The van der Waals surface area contributed by atoms with Crippen molar-refractivity contribution in [2.75, 3.05) is 32.1 Å². The number of hydrogen-bond acceptors (Lipinski definition) is 7. The van der Waals surface area contributed by atoms with Crippen LogP contribution in [-0.4, -0.2) is 63.5 Å². The van der Waals surface area contributed by atoms with E-state index < -0.39 is 0 Å². The molecule has 9 heteroatoms. The molecule has 1 amide bonds. The van der Waals surface area contributed by atoms with E-state index in [-0.39, 0.29) is 24.3 Å². The van der Waals surface area contributed by atoms with E-state index >= 15 is 0 Å². The average molecular weight is 401 g/mol. The summed E-state index contributed by atoms with van der Waals surface area (Å²) in [4.78, 5) is 18.3. The topological polar surface area (TPSA) is 92.5 Å². The van der Waals surface area contributed by atoms with Crippen molar-refractivity contribution in [1.82, 2.24) is 19.7 Å². The molecule has 28 heavy (non-hydrogen) atoms. The van der Waals surface area contributed by atoms with Crippen LogP contribution in [0.25, 0.3) is 16.0 Å². The van der Waals surface area contributed by atoms with Crippen molar-refractivity contribution in [3.63, 3.8) is 0 Å². The van der Waals surface area contributed by atoms with Gasteiger partial charge in [-0.2, -0.15) is 4.98 Å². The van der Waals surface area contributed by atoms with Gasteiger partial charge in [-0.05, 0) is 37.5 Å². The Hall–Kier alpha value is -2.65. The fourth-order valence-electron chi connectivity index (χ4n) is 3.63. The lowest BCUT2D eigenvalue weighted by Gasteiger charge is -2.16. The highest BCUT2D eigenvalue weighted by Crippen LogP contribution is 2.31. The monoisotopic (exact) mass is 401 g/mol.